The lowest BCUT2D eigenvalue weighted by Crippen LogP contribution is -2.28. The molecule has 18 heavy (non-hydrogen) atoms. The van der Waals surface area contributed by atoms with E-state index in [4.69, 9.17) is 4.74 Å². The van der Waals surface area contributed by atoms with Gasteiger partial charge in [-0.15, -0.1) is 0 Å². The number of rotatable bonds is 6. The SMILES string of the molecule is C=C(C)COCCNC(=O)c1ccc(F)cc1I. The van der Waals surface area contributed by atoms with Gasteiger partial charge in [0.05, 0.1) is 18.8 Å². The van der Waals surface area contributed by atoms with E-state index in [-0.39, 0.29) is 11.7 Å². The van der Waals surface area contributed by atoms with Gasteiger partial charge in [0.25, 0.3) is 5.91 Å². The molecule has 1 N–H and O–H groups in total. The van der Waals surface area contributed by atoms with Crippen molar-refractivity contribution < 1.29 is 13.9 Å². The number of benzene rings is 1. The van der Waals surface area contributed by atoms with E-state index in [0.29, 0.717) is 28.9 Å². The van der Waals surface area contributed by atoms with E-state index < -0.39 is 0 Å². The van der Waals surface area contributed by atoms with Gasteiger partial charge >= 0.3 is 0 Å². The Kier molecular flexibility index (Phi) is 6.28. The van der Waals surface area contributed by atoms with Gasteiger partial charge in [-0.05, 0) is 47.7 Å². The van der Waals surface area contributed by atoms with Crippen LogP contribution in [0.4, 0.5) is 4.39 Å². The van der Waals surface area contributed by atoms with E-state index in [1.54, 1.807) is 0 Å². The van der Waals surface area contributed by atoms with E-state index in [9.17, 15) is 9.18 Å². The summed E-state index contributed by atoms with van der Waals surface area (Å²) in [6, 6.07) is 4.07. The van der Waals surface area contributed by atoms with Crippen LogP contribution in [0.25, 0.3) is 0 Å². The van der Waals surface area contributed by atoms with Crippen molar-refractivity contribution in [1.82, 2.24) is 5.32 Å². The molecule has 5 heteroatoms. The maximum Gasteiger partial charge on any atom is 0.252 e. The van der Waals surface area contributed by atoms with Gasteiger partial charge in [-0.25, -0.2) is 4.39 Å². The molecule has 0 bridgehead atoms. The summed E-state index contributed by atoms with van der Waals surface area (Å²) in [5.41, 5.74) is 1.41. The summed E-state index contributed by atoms with van der Waals surface area (Å²) < 4.78 is 18.7. The molecule has 1 aromatic carbocycles. The number of halogens is 2. The highest BCUT2D eigenvalue weighted by atomic mass is 127. The van der Waals surface area contributed by atoms with Crippen LogP contribution in [-0.4, -0.2) is 25.7 Å². The molecule has 0 aliphatic rings. The first-order valence-corrected chi connectivity index (χ1v) is 6.54. The quantitative estimate of drug-likeness (QED) is 0.480. The lowest BCUT2D eigenvalue weighted by atomic mass is 10.2. The topological polar surface area (TPSA) is 38.3 Å². The Hall–Kier alpha value is -0.950. The minimum Gasteiger partial charge on any atom is -0.375 e. The lowest BCUT2D eigenvalue weighted by molar-refractivity contribution is 0.0926. The molecule has 0 saturated carbocycles. The summed E-state index contributed by atoms with van der Waals surface area (Å²) >= 11 is 1.93. The van der Waals surface area contributed by atoms with Gasteiger partial charge < -0.3 is 10.1 Å². The molecule has 0 aliphatic carbocycles. The van der Waals surface area contributed by atoms with Crippen LogP contribution in [0, 0.1) is 9.39 Å². The molecule has 1 amide bonds. The van der Waals surface area contributed by atoms with Crippen molar-refractivity contribution in [1.29, 1.82) is 0 Å². The average Bonchev–Trinajstić information content (AvgIpc) is 2.27. The monoisotopic (exact) mass is 363 g/mol. The first-order valence-electron chi connectivity index (χ1n) is 5.46. The third kappa shape index (κ3) is 5.14. The van der Waals surface area contributed by atoms with Crippen molar-refractivity contribution in [2.45, 2.75) is 6.92 Å². The molecule has 98 valence electrons. The molecule has 0 saturated heterocycles. The second-order valence-electron chi connectivity index (χ2n) is 3.89. The van der Waals surface area contributed by atoms with Gasteiger partial charge in [-0.3, -0.25) is 4.79 Å². The Labute approximate surface area is 120 Å². The number of hydrogen-bond donors (Lipinski definition) is 1. The zero-order valence-corrected chi connectivity index (χ0v) is 12.3. The van der Waals surface area contributed by atoms with Crippen molar-refractivity contribution in [3.05, 3.63) is 45.3 Å². The highest BCUT2D eigenvalue weighted by Crippen LogP contribution is 2.13. The number of carbonyl (C=O) groups excluding carboxylic acids is 1. The van der Waals surface area contributed by atoms with Crippen LogP contribution >= 0.6 is 22.6 Å². The van der Waals surface area contributed by atoms with Crippen LogP contribution < -0.4 is 5.32 Å². The van der Waals surface area contributed by atoms with Gasteiger partial charge in [0, 0.05) is 10.1 Å². The lowest BCUT2D eigenvalue weighted by Gasteiger charge is -2.07. The highest BCUT2D eigenvalue weighted by Gasteiger charge is 2.09. The zero-order valence-electron chi connectivity index (χ0n) is 10.1. The first-order chi connectivity index (χ1) is 8.50. The molecule has 3 nitrogen and oxygen atoms in total. The molecule has 0 spiro atoms. The van der Waals surface area contributed by atoms with Crippen molar-refractivity contribution in [3.8, 4) is 0 Å². The van der Waals surface area contributed by atoms with Gasteiger partial charge in [-0.2, -0.15) is 0 Å². The van der Waals surface area contributed by atoms with Crippen LogP contribution in [0.1, 0.15) is 17.3 Å². The summed E-state index contributed by atoms with van der Waals surface area (Å²) in [5, 5.41) is 2.71. The predicted octanol–water partition coefficient (Wildman–Crippen LogP) is 2.75. The second-order valence-corrected chi connectivity index (χ2v) is 5.05. The van der Waals surface area contributed by atoms with Gasteiger partial charge in [0.15, 0.2) is 0 Å². The van der Waals surface area contributed by atoms with E-state index in [1.807, 2.05) is 29.5 Å². The van der Waals surface area contributed by atoms with E-state index in [1.165, 1.54) is 18.2 Å². The molecule has 0 aliphatic heterocycles. The van der Waals surface area contributed by atoms with Crippen LogP contribution in [0.2, 0.25) is 0 Å². The Balaban J connectivity index is 2.39. The van der Waals surface area contributed by atoms with Crippen molar-refractivity contribution in [2.24, 2.45) is 0 Å². The average molecular weight is 363 g/mol. The molecule has 0 unspecified atom stereocenters. The maximum absolute atomic E-state index is 12.9. The van der Waals surface area contributed by atoms with Crippen LogP contribution in [-0.2, 0) is 4.74 Å². The third-order valence-corrected chi connectivity index (χ3v) is 2.95. The Morgan fingerprint density at radius 1 is 1.56 bits per heavy atom. The van der Waals surface area contributed by atoms with Gasteiger partial charge in [0.1, 0.15) is 5.82 Å². The number of ether oxygens (including phenoxy) is 1. The number of amides is 1. The highest BCUT2D eigenvalue weighted by molar-refractivity contribution is 14.1. The molecule has 0 fully saturated rings. The minimum absolute atomic E-state index is 0.224. The zero-order chi connectivity index (χ0) is 13.5. The fourth-order valence-corrected chi connectivity index (χ4v) is 1.97. The van der Waals surface area contributed by atoms with Crippen LogP contribution in [0.3, 0.4) is 0 Å². The van der Waals surface area contributed by atoms with Crippen LogP contribution in [0.15, 0.2) is 30.4 Å². The largest absolute Gasteiger partial charge is 0.375 e. The summed E-state index contributed by atoms with van der Waals surface area (Å²) in [4.78, 5) is 11.8. The maximum atomic E-state index is 12.9. The van der Waals surface area contributed by atoms with Crippen molar-refractivity contribution >= 4 is 28.5 Å². The van der Waals surface area contributed by atoms with E-state index >= 15 is 0 Å². The molecule has 0 aromatic heterocycles. The van der Waals surface area contributed by atoms with Crippen molar-refractivity contribution in [2.75, 3.05) is 19.8 Å². The first kappa shape index (κ1) is 15.1. The summed E-state index contributed by atoms with van der Waals surface area (Å²) in [5.74, 6) is -0.570. The standard InChI is InChI=1S/C13H15FINO2/c1-9(2)8-18-6-5-16-13(17)11-4-3-10(14)7-12(11)15/h3-4,7H,1,5-6,8H2,2H3,(H,16,17). The summed E-state index contributed by atoms with van der Waals surface area (Å²) in [7, 11) is 0. The van der Waals surface area contributed by atoms with Crippen molar-refractivity contribution in [3.63, 3.8) is 0 Å². The molecule has 0 heterocycles. The summed E-state index contributed by atoms with van der Waals surface area (Å²) in [6.45, 7) is 6.91. The molecular weight excluding hydrogens is 348 g/mol. The molecule has 1 rings (SSSR count). The number of nitrogens with one attached hydrogen (secondary N) is 1. The Morgan fingerprint density at radius 2 is 2.28 bits per heavy atom. The smallest absolute Gasteiger partial charge is 0.252 e. The fraction of sp³-hybridized carbons (Fsp3) is 0.308. The summed E-state index contributed by atoms with van der Waals surface area (Å²) in [6.07, 6.45) is 0. The number of carbonyl (C=O) groups is 1. The fourth-order valence-electron chi connectivity index (χ4n) is 1.25. The predicted molar refractivity (Wildman–Crippen MR) is 77.1 cm³/mol. The molecule has 0 radical (unpaired) electrons. The van der Waals surface area contributed by atoms with Gasteiger partial charge in [-0.1, -0.05) is 12.2 Å². The molecule has 1 aromatic rings. The number of hydrogen-bond acceptors (Lipinski definition) is 2. The normalized spacial score (nSPS) is 10.2. The Bertz CT molecular complexity index is 449. The van der Waals surface area contributed by atoms with E-state index in [2.05, 4.69) is 11.9 Å². The minimum atomic E-state index is -0.347. The van der Waals surface area contributed by atoms with E-state index in [0.717, 1.165) is 5.57 Å². The molecule has 0 atom stereocenters. The van der Waals surface area contributed by atoms with Gasteiger partial charge in [0.2, 0.25) is 0 Å². The third-order valence-electron chi connectivity index (χ3n) is 2.06. The molecular formula is C13H15FINO2. The second kappa shape index (κ2) is 7.48. The van der Waals surface area contributed by atoms with Crippen LogP contribution in [0.5, 0.6) is 0 Å². The Morgan fingerprint density at radius 3 is 2.89 bits per heavy atom.